The number of hydrogen-bond donors (Lipinski definition) is 2. The molecule has 3 heteroatoms. The molecular formula is C24H31NO2. The average Bonchev–Trinajstić information content (AvgIpc) is 2.96. The molecule has 27 heavy (non-hydrogen) atoms. The number of ether oxygens (including phenoxy) is 1. The first-order chi connectivity index (χ1) is 13.1. The zero-order chi connectivity index (χ0) is 18.6. The molecule has 2 N–H and O–H groups in total. The molecule has 1 aliphatic heterocycles. The number of rotatable bonds is 2. The van der Waals surface area contributed by atoms with Crippen LogP contribution in [0.3, 0.4) is 0 Å². The van der Waals surface area contributed by atoms with Gasteiger partial charge < -0.3 is 9.84 Å². The summed E-state index contributed by atoms with van der Waals surface area (Å²) in [6.07, 6.45) is 8.72. The van der Waals surface area contributed by atoms with Gasteiger partial charge in [0.25, 0.3) is 0 Å². The normalized spacial score (nSPS) is 32.9. The van der Waals surface area contributed by atoms with Crippen LogP contribution in [0.15, 0.2) is 34.9 Å². The Morgan fingerprint density at radius 3 is 2.85 bits per heavy atom. The molecule has 3 atom stereocenters. The van der Waals surface area contributed by atoms with Gasteiger partial charge in [-0.1, -0.05) is 24.1 Å². The van der Waals surface area contributed by atoms with E-state index in [4.69, 9.17) is 4.74 Å². The number of hydrogen-bond acceptors (Lipinski definition) is 3. The van der Waals surface area contributed by atoms with Crippen LogP contribution in [0.25, 0.3) is 5.57 Å². The van der Waals surface area contributed by atoms with E-state index in [9.17, 15) is 5.11 Å². The zero-order valence-corrected chi connectivity index (χ0v) is 16.6. The molecule has 2 fully saturated rings. The Labute approximate surface area is 162 Å². The van der Waals surface area contributed by atoms with E-state index in [1.165, 1.54) is 46.3 Å². The predicted molar refractivity (Wildman–Crippen MR) is 109 cm³/mol. The molecule has 0 amide bonds. The van der Waals surface area contributed by atoms with Crippen molar-refractivity contribution in [3.8, 4) is 5.75 Å². The number of allylic oxidation sites excluding steroid dienone is 3. The summed E-state index contributed by atoms with van der Waals surface area (Å²) in [4.78, 5) is 0. The summed E-state index contributed by atoms with van der Waals surface area (Å²) in [5.41, 5.74) is 8.77. The average molecular weight is 366 g/mol. The molecule has 0 aromatic heterocycles. The SMILES string of the molecule is CC1=C2C(=C3CC[C@H](O)[C@@]3(C)C1)CCc1cc(OC3CCCCN3)ccc12. The Kier molecular flexibility index (Phi) is 4.21. The van der Waals surface area contributed by atoms with E-state index < -0.39 is 0 Å². The molecule has 144 valence electrons. The highest BCUT2D eigenvalue weighted by Crippen LogP contribution is 2.57. The summed E-state index contributed by atoms with van der Waals surface area (Å²) in [6, 6.07) is 6.70. The van der Waals surface area contributed by atoms with Gasteiger partial charge in [0.05, 0.1) is 6.10 Å². The molecule has 1 unspecified atom stereocenters. The van der Waals surface area contributed by atoms with Crippen molar-refractivity contribution in [3.05, 3.63) is 46.0 Å². The molecule has 3 aliphatic carbocycles. The minimum atomic E-state index is -0.184. The molecule has 3 nitrogen and oxygen atoms in total. The molecule has 1 saturated carbocycles. The van der Waals surface area contributed by atoms with E-state index in [0.29, 0.717) is 0 Å². The van der Waals surface area contributed by atoms with Crippen LogP contribution in [0.1, 0.15) is 69.9 Å². The molecule has 4 aliphatic rings. The van der Waals surface area contributed by atoms with Crippen LogP contribution in [0.2, 0.25) is 0 Å². The molecule has 1 aromatic rings. The number of aryl methyl sites for hydroxylation is 1. The van der Waals surface area contributed by atoms with E-state index in [1.807, 2.05) is 0 Å². The van der Waals surface area contributed by atoms with E-state index in [1.54, 1.807) is 0 Å². The first-order valence-corrected chi connectivity index (χ1v) is 10.7. The highest BCUT2D eigenvalue weighted by atomic mass is 16.5. The fourth-order valence-corrected chi connectivity index (χ4v) is 5.96. The second-order valence-electron chi connectivity index (χ2n) is 9.14. The fraction of sp³-hybridized carbons (Fsp3) is 0.583. The van der Waals surface area contributed by atoms with E-state index in [-0.39, 0.29) is 17.7 Å². The van der Waals surface area contributed by atoms with E-state index in [2.05, 4.69) is 37.4 Å². The first-order valence-electron chi connectivity index (χ1n) is 10.7. The van der Waals surface area contributed by atoms with Gasteiger partial charge in [-0.25, -0.2) is 0 Å². The molecule has 1 aromatic carbocycles. The van der Waals surface area contributed by atoms with Gasteiger partial charge >= 0.3 is 0 Å². The molecule has 0 bridgehead atoms. The number of aliphatic hydroxyl groups excluding tert-OH is 1. The van der Waals surface area contributed by atoms with Crippen molar-refractivity contribution < 1.29 is 9.84 Å². The number of fused-ring (bicyclic) bond motifs is 4. The summed E-state index contributed by atoms with van der Waals surface area (Å²) < 4.78 is 6.21. The largest absolute Gasteiger partial charge is 0.475 e. The van der Waals surface area contributed by atoms with Crippen LogP contribution in [-0.2, 0) is 6.42 Å². The standard InChI is InChI=1S/C24H31NO2/c1-15-14-24(2)20(10-11-21(24)26)19-8-6-16-13-17(7-9-18(16)23(15)19)27-22-5-3-4-12-25-22/h7,9,13,21-22,25-26H,3-6,8,10-12,14H2,1-2H3/t21-,22?,24-/m0/s1. The van der Waals surface area contributed by atoms with Crippen LogP contribution in [0.4, 0.5) is 0 Å². The molecule has 0 spiro atoms. The number of benzene rings is 1. The van der Waals surface area contributed by atoms with Gasteiger partial charge in [0.15, 0.2) is 0 Å². The van der Waals surface area contributed by atoms with Crippen LogP contribution in [-0.4, -0.2) is 24.0 Å². The number of nitrogens with one attached hydrogen (secondary N) is 1. The van der Waals surface area contributed by atoms with Gasteiger partial charge in [-0.15, -0.1) is 0 Å². The molecule has 5 rings (SSSR count). The minimum absolute atomic E-state index is 0.0316. The number of piperidine rings is 1. The fourth-order valence-electron chi connectivity index (χ4n) is 5.96. The summed E-state index contributed by atoms with van der Waals surface area (Å²) in [5.74, 6) is 0.999. The lowest BCUT2D eigenvalue weighted by molar-refractivity contribution is 0.0828. The lowest BCUT2D eigenvalue weighted by Gasteiger charge is -2.40. The minimum Gasteiger partial charge on any atom is -0.475 e. The van der Waals surface area contributed by atoms with E-state index >= 15 is 0 Å². The summed E-state index contributed by atoms with van der Waals surface area (Å²) >= 11 is 0. The maximum atomic E-state index is 10.6. The maximum absolute atomic E-state index is 10.6. The first kappa shape index (κ1) is 17.5. The molecule has 1 saturated heterocycles. The topological polar surface area (TPSA) is 41.5 Å². The zero-order valence-electron chi connectivity index (χ0n) is 16.6. The third-order valence-electron chi connectivity index (χ3n) is 7.35. The monoisotopic (exact) mass is 365 g/mol. The van der Waals surface area contributed by atoms with Gasteiger partial charge in [0.1, 0.15) is 12.0 Å². The van der Waals surface area contributed by atoms with Crippen molar-refractivity contribution in [1.82, 2.24) is 5.32 Å². The Morgan fingerprint density at radius 1 is 1.15 bits per heavy atom. The Balaban J connectivity index is 1.48. The quantitative estimate of drug-likeness (QED) is 0.795. The van der Waals surface area contributed by atoms with Crippen molar-refractivity contribution in [2.45, 2.75) is 77.5 Å². The summed E-state index contributed by atoms with van der Waals surface area (Å²) in [6.45, 7) is 5.61. The second-order valence-corrected chi connectivity index (χ2v) is 9.14. The Hall–Kier alpha value is -1.58. The summed E-state index contributed by atoms with van der Waals surface area (Å²) in [5, 5.41) is 14.1. The lowest BCUT2D eigenvalue weighted by Crippen LogP contribution is -2.38. The highest BCUT2D eigenvalue weighted by Gasteiger charge is 2.46. The van der Waals surface area contributed by atoms with Crippen molar-refractivity contribution in [2.24, 2.45) is 5.41 Å². The lowest BCUT2D eigenvalue weighted by atomic mass is 9.65. The molecule has 1 heterocycles. The smallest absolute Gasteiger partial charge is 0.150 e. The van der Waals surface area contributed by atoms with Crippen molar-refractivity contribution >= 4 is 5.57 Å². The Bertz CT molecular complexity index is 831. The van der Waals surface area contributed by atoms with Gasteiger partial charge in [-0.3, -0.25) is 5.32 Å². The van der Waals surface area contributed by atoms with Gasteiger partial charge in [0, 0.05) is 5.41 Å². The van der Waals surface area contributed by atoms with E-state index in [0.717, 1.165) is 50.8 Å². The molecule has 0 radical (unpaired) electrons. The Morgan fingerprint density at radius 2 is 2.04 bits per heavy atom. The van der Waals surface area contributed by atoms with Gasteiger partial charge in [-0.2, -0.15) is 0 Å². The second kappa shape index (κ2) is 6.49. The van der Waals surface area contributed by atoms with Crippen LogP contribution in [0.5, 0.6) is 5.75 Å². The number of aliphatic hydroxyl groups is 1. The van der Waals surface area contributed by atoms with Crippen molar-refractivity contribution in [1.29, 1.82) is 0 Å². The van der Waals surface area contributed by atoms with Crippen LogP contribution in [0, 0.1) is 5.41 Å². The van der Waals surface area contributed by atoms with Crippen LogP contribution < -0.4 is 10.1 Å². The van der Waals surface area contributed by atoms with Crippen molar-refractivity contribution in [2.75, 3.05) is 6.54 Å². The van der Waals surface area contributed by atoms with Crippen molar-refractivity contribution in [3.63, 3.8) is 0 Å². The maximum Gasteiger partial charge on any atom is 0.150 e. The third kappa shape index (κ3) is 2.78. The van der Waals surface area contributed by atoms with Crippen LogP contribution >= 0.6 is 0 Å². The predicted octanol–water partition coefficient (Wildman–Crippen LogP) is 4.75. The van der Waals surface area contributed by atoms with Gasteiger partial charge in [0.2, 0.25) is 0 Å². The highest BCUT2D eigenvalue weighted by molar-refractivity contribution is 5.87. The van der Waals surface area contributed by atoms with Gasteiger partial charge in [-0.05, 0) is 99.2 Å². The summed E-state index contributed by atoms with van der Waals surface area (Å²) in [7, 11) is 0. The third-order valence-corrected chi connectivity index (χ3v) is 7.35. The molecular weight excluding hydrogens is 334 g/mol.